The largest absolute Gasteiger partial charge is 0.377 e. The Hall–Kier alpha value is -1.44. The van der Waals surface area contributed by atoms with E-state index in [0.29, 0.717) is 34.1 Å². The molecule has 180 valence electrons. The molecule has 2 amide bonds. The highest BCUT2D eigenvalue weighted by atomic mass is 35.5. The van der Waals surface area contributed by atoms with Crippen LogP contribution in [0.2, 0.25) is 10.0 Å². The predicted molar refractivity (Wildman–Crippen MR) is 130 cm³/mol. The summed E-state index contributed by atoms with van der Waals surface area (Å²) < 4.78 is 6.38. The molecule has 2 aromatic rings. The van der Waals surface area contributed by atoms with Gasteiger partial charge in [0.25, 0.3) is 5.91 Å². The first-order valence-electron chi connectivity index (χ1n) is 10.1. The molecule has 1 fully saturated rings. The van der Waals surface area contributed by atoms with Crippen LogP contribution in [0.3, 0.4) is 0 Å². The predicted octanol–water partition coefficient (Wildman–Crippen LogP) is 1.57. The van der Waals surface area contributed by atoms with E-state index in [0.717, 1.165) is 18.7 Å². The first-order chi connectivity index (χ1) is 15.8. The van der Waals surface area contributed by atoms with E-state index in [1.165, 1.54) is 23.1 Å². The van der Waals surface area contributed by atoms with Gasteiger partial charge in [-0.15, -0.1) is 11.3 Å². The molecule has 0 aliphatic carbocycles. The van der Waals surface area contributed by atoms with Gasteiger partial charge < -0.3 is 26.2 Å². The number of carbonyl (C=O) groups is 2. The summed E-state index contributed by atoms with van der Waals surface area (Å²) in [5, 5.41) is 17.0. The van der Waals surface area contributed by atoms with Crippen molar-refractivity contribution in [2.45, 2.75) is 23.2 Å². The monoisotopic (exact) mass is 533 g/mol. The fourth-order valence-corrected chi connectivity index (χ4v) is 5.02. The average molecular weight is 534 g/mol. The lowest BCUT2D eigenvalue weighted by molar-refractivity contribution is -0.119. The van der Waals surface area contributed by atoms with E-state index in [1.54, 1.807) is 11.4 Å². The molecule has 1 aromatic carbocycles. The molecule has 5 N–H and O–H groups in total. The second-order valence-corrected chi connectivity index (χ2v) is 10.2. The zero-order chi connectivity index (χ0) is 23.8. The zero-order valence-corrected chi connectivity index (χ0v) is 20.8. The number of hydrogen-bond acceptors (Lipinski definition) is 9. The molecule has 1 aromatic heterocycles. The third-order valence-corrected chi connectivity index (χ3v) is 7.41. The fraction of sp³-hybridized carbons (Fsp3) is 0.450. The normalized spacial score (nSPS) is 17.5. The Morgan fingerprint density at radius 3 is 2.94 bits per heavy atom. The molecule has 9 nitrogen and oxygen atoms in total. The van der Waals surface area contributed by atoms with Crippen molar-refractivity contribution in [3.8, 4) is 0 Å². The van der Waals surface area contributed by atoms with Gasteiger partial charge >= 0.3 is 0 Å². The maximum atomic E-state index is 12.2. The Balaban J connectivity index is 1.38. The lowest BCUT2D eigenvalue weighted by atomic mass is 10.2. The molecule has 1 aliphatic heterocycles. The minimum Gasteiger partial charge on any atom is -0.377 e. The lowest BCUT2D eigenvalue weighted by Gasteiger charge is -2.33. The molecule has 0 spiro atoms. The van der Waals surface area contributed by atoms with Crippen LogP contribution in [-0.4, -0.2) is 77.7 Å². The molecular formula is C20H25Cl2N5O4S2. The number of carbonyl (C=O) groups excluding carboxylic acids is 2. The molecule has 33 heavy (non-hydrogen) atoms. The Kier molecular flexibility index (Phi) is 10.2. The third kappa shape index (κ3) is 8.69. The number of thioether (sulfide) groups is 1. The lowest BCUT2D eigenvalue weighted by Crippen LogP contribution is -2.47. The van der Waals surface area contributed by atoms with Crippen LogP contribution in [0, 0.1) is 0 Å². The zero-order valence-electron chi connectivity index (χ0n) is 17.6. The Labute approximate surface area is 210 Å². The number of ether oxygens (including phenoxy) is 1. The first kappa shape index (κ1) is 26.2. The van der Waals surface area contributed by atoms with Gasteiger partial charge in [0, 0.05) is 31.6 Å². The number of aromatic nitrogens is 1. The smallest absolute Gasteiger partial charge is 0.270 e. The number of hydrogen-bond donors (Lipinski definition) is 4. The van der Waals surface area contributed by atoms with E-state index in [2.05, 4.69) is 20.5 Å². The van der Waals surface area contributed by atoms with E-state index >= 15 is 0 Å². The van der Waals surface area contributed by atoms with Gasteiger partial charge in [0.05, 0.1) is 35.1 Å². The van der Waals surface area contributed by atoms with Crippen molar-refractivity contribution in [1.82, 2.24) is 20.5 Å². The van der Waals surface area contributed by atoms with Crippen molar-refractivity contribution in [2.75, 3.05) is 38.5 Å². The van der Waals surface area contributed by atoms with Crippen LogP contribution in [0.25, 0.3) is 0 Å². The minimum atomic E-state index is -1.12. The quantitative estimate of drug-likeness (QED) is 0.267. The van der Waals surface area contributed by atoms with Crippen LogP contribution in [0.1, 0.15) is 16.1 Å². The number of benzene rings is 1. The Morgan fingerprint density at radius 2 is 2.18 bits per heavy atom. The van der Waals surface area contributed by atoms with Crippen LogP contribution < -0.4 is 16.4 Å². The standard InChI is InChI=1S/C20H25Cl2N5O4S2/c21-14-2-1-12(5-15(14)22)8-27-3-4-31-13(9-27)6-24-18(29)11-33-20-26-16(10-32-20)19(30)25-7-17(23)28/h1-2,5,10,13,17,28H,3-4,6-9,11,23H2,(H,24,29)(H,25,30)/t13-,17-/m0/s1. The van der Waals surface area contributed by atoms with Crippen LogP contribution >= 0.6 is 46.3 Å². The second kappa shape index (κ2) is 12.9. The van der Waals surface area contributed by atoms with Gasteiger partial charge in [0.2, 0.25) is 5.91 Å². The van der Waals surface area contributed by atoms with Crippen molar-refractivity contribution in [2.24, 2.45) is 5.73 Å². The number of nitrogens with two attached hydrogens (primary N) is 1. The van der Waals surface area contributed by atoms with Crippen molar-refractivity contribution in [3.63, 3.8) is 0 Å². The van der Waals surface area contributed by atoms with Gasteiger partial charge in [-0.25, -0.2) is 4.98 Å². The van der Waals surface area contributed by atoms with Gasteiger partial charge in [-0.05, 0) is 17.7 Å². The SMILES string of the molecule is N[C@@H](O)CNC(=O)c1csc(SCC(=O)NC[C@H]2CN(Cc3ccc(Cl)c(Cl)c3)CCO2)n1. The van der Waals surface area contributed by atoms with Crippen molar-refractivity contribution in [3.05, 3.63) is 44.9 Å². The van der Waals surface area contributed by atoms with Crippen LogP contribution in [0.4, 0.5) is 0 Å². The molecule has 0 bridgehead atoms. The molecular weight excluding hydrogens is 509 g/mol. The topological polar surface area (TPSA) is 130 Å². The molecule has 0 saturated carbocycles. The van der Waals surface area contributed by atoms with Crippen molar-refractivity contribution >= 4 is 58.1 Å². The molecule has 1 aliphatic rings. The Morgan fingerprint density at radius 1 is 1.36 bits per heavy atom. The summed E-state index contributed by atoms with van der Waals surface area (Å²) in [4.78, 5) is 30.6. The maximum absolute atomic E-state index is 12.2. The number of rotatable bonds is 10. The highest BCUT2D eigenvalue weighted by molar-refractivity contribution is 8.01. The van der Waals surface area contributed by atoms with Crippen LogP contribution in [0.15, 0.2) is 27.9 Å². The van der Waals surface area contributed by atoms with Gasteiger partial charge in [0.1, 0.15) is 11.9 Å². The van der Waals surface area contributed by atoms with E-state index in [1.807, 2.05) is 12.1 Å². The second-order valence-electron chi connectivity index (χ2n) is 7.35. The number of aliphatic hydroxyl groups is 1. The third-order valence-electron chi connectivity index (χ3n) is 4.65. The fourth-order valence-electron chi connectivity index (χ4n) is 3.07. The van der Waals surface area contributed by atoms with Gasteiger partial charge in [-0.2, -0.15) is 0 Å². The molecule has 0 unspecified atom stereocenters. The van der Waals surface area contributed by atoms with Gasteiger partial charge in [-0.1, -0.05) is 41.0 Å². The van der Waals surface area contributed by atoms with E-state index in [-0.39, 0.29) is 30.0 Å². The highest BCUT2D eigenvalue weighted by Crippen LogP contribution is 2.24. The number of amides is 2. The first-order valence-corrected chi connectivity index (χ1v) is 12.8. The molecule has 3 rings (SSSR count). The summed E-state index contributed by atoms with van der Waals surface area (Å²) in [6.07, 6.45) is -1.23. The van der Waals surface area contributed by atoms with E-state index < -0.39 is 12.1 Å². The summed E-state index contributed by atoms with van der Waals surface area (Å²) in [6, 6.07) is 5.60. The number of halogens is 2. The van der Waals surface area contributed by atoms with Crippen LogP contribution in [0.5, 0.6) is 0 Å². The molecule has 2 heterocycles. The van der Waals surface area contributed by atoms with Crippen molar-refractivity contribution in [1.29, 1.82) is 0 Å². The van der Waals surface area contributed by atoms with Gasteiger partial charge in [-0.3, -0.25) is 14.5 Å². The highest BCUT2D eigenvalue weighted by Gasteiger charge is 2.21. The van der Waals surface area contributed by atoms with Crippen LogP contribution in [-0.2, 0) is 16.1 Å². The number of nitrogens with zero attached hydrogens (tertiary/aromatic N) is 2. The molecule has 1 saturated heterocycles. The minimum absolute atomic E-state index is 0.0602. The molecule has 0 radical (unpaired) electrons. The van der Waals surface area contributed by atoms with E-state index in [4.69, 9.17) is 38.8 Å². The summed E-state index contributed by atoms with van der Waals surface area (Å²) in [7, 11) is 0. The maximum Gasteiger partial charge on any atom is 0.270 e. The Bertz CT molecular complexity index is 962. The molecule has 2 atom stereocenters. The van der Waals surface area contributed by atoms with E-state index in [9.17, 15) is 9.59 Å². The number of thiazole rings is 1. The number of aliphatic hydroxyl groups excluding tert-OH is 1. The summed E-state index contributed by atoms with van der Waals surface area (Å²) in [5.74, 6) is -0.389. The van der Waals surface area contributed by atoms with Crippen molar-refractivity contribution < 1.29 is 19.4 Å². The van der Waals surface area contributed by atoms with Gasteiger partial charge in [0.15, 0.2) is 4.34 Å². The average Bonchev–Trinajstić information content (AvgIpc) is 3.26. The molecule has 13 heteroatoms. The summed E-state index contributed by atoms with van der Waals surface area (Å²) >= 11 is 14.6. The number of nitrogens with one attached hydrogen (secondary N) is 2. The summed E-state index contributed by atoms with van der Waals surface area (Å²) in [6.45, 7) is 3.15. The summed E-state index contributed by atoms with van der Waals surface area (Å²) in [5.41, 5.74) is 6.49. The number of morpholine rings is 1.